The third-order valence-electron chi connectivity index (χ3n) is 6.91. The molecule has 5 aliphatic rings. The molecular weight excluding hydrogens is 308 g/mol. The highest BCUT2D eigenvalue weighted by atomic mass is 16.7. The molecule has 0 aromatic rings. The number of rotatable bonds is 1. The van der Waals surface area contributed by atoms with Gasteiger partial charge in [0, 0.05) is 17.4 Å². The van der Waals surface area contributed by atoms with E-state index in [2.05, 4.69) is 13.0 Å². The Kier molecular flexibility index (Phi) is 2.42. The maximum absolute atomic E-state index is 12.6. The fraction of sp³-hybridized carbons (Fsp3) is 0.684. The Balaban J connectivity index is 1.74. The predicted octanol–water partition coefficient (Wildman–Crippen LogP) is 2.16. The molecule has 0 N–H and O–H groups in total. The molecule has 5 rings (SSSR count). The number of allylic oxidation sites excluding steroid dienone is 1. The van der Waals surface area contributed by atoms with Crippen molar-refractivity contribution in [2.24, 2.45) is 22.7 Å². The molecule has 0 bridgehead atoms. The van der Waals surface area contributed by atoms with Crippen molar-refractivity contribution in [1.29, 1.82) is 0 Å². The molecule has 3 heterocycles. The standard InChI is InChI=1S/C19H22O5/c1-9(2)14-19-10(8-11(20)22-14)17(3)6-5-7-18(4)13(17)12(15(19)24-19)23-16(18)21/h5,7-9,12-15H,6H2,1-4H3. The van der Waals surface area contributed by atoms with Crippen molar-refractivity contribution in [2.45, 2.75) is 58.0 Å². The van der Waals surface area contributed by atoms with Gasteiger partial charge >= 0.3 is 11.9 Å². The molecule has 2 aliphatic carbocycles. The molecule has 0 amide bonds. The summed E-state index contributed by atoms with van der Waals surface area (Å²) in [5, 5.41) is 0. The Morgan fingerprint density at radius 2 is 1.96 bits per heavy atom. The summed E-state index contributed by atoms with van der Waals surface area (Å²) in [7, 11) is 0. The third-order valence-corrected chi connectivity index (χ3v) is 6.91. The van der Waals surface area contributed by atoms with Crippen LogP contribution in [-0.4, -0.2) is 35.9 Å². The highest BCUT2D eigenvalue weighted by molar-refractivity contribution is 5.87. The summed E-state index contributed by atoms with van der Waals surface area (Å²) in [4.78, 5) is 24.9. The summed E-state index contributed by atoms with van der Waals surface area (Å²) in [6, 6.07) is 0. The maximum Gasteiger partial charge on any atom is 0.331 e. The number of carbonyl (C=O) groups is 2. The average molecular weight is 330 g/mol. The van der Waals surface area contributed by atoms with E-state index in [1.54, 1.807) is 6.08 Å². The summed E-state index contributed by atoms with van der Waals surface area (Å²) < 4.78 is 17.7. The van der Waals surface area contributed by atoms with Crippen LogP contribution in [0.5, 0.6) is 0 Å². The molecule has 5 nitrogen and oxygen atoms in total. The molecule has 7 unspecified atom stereocenters. The largest absolute Gasteiger partial charge is 0.458 e. The fourth-order valence-corrected chi connectivity index (χ4v) is 5.98. The Hall–Kier alpha value is -1.62. The molecule has 1 spiro atoms. The summed E-state index contributed by atoms with van der Waals surface area (Å²) in [5.74, 6) is -0.360. The Bertz CT molecular complexity index is 736. The van der Waals surface area contributed by atoms with E-state index in [0.29, 0.717) is 0 Å². The minimum absolute atomic E-state index is 0.00640. The van der Waals surface area contributed by atoms with Crippen LogP contribution in [0.25, 0.3) is 0 Å². The number of cyclic esters (lactones) is 1. The van der Waals surface area contributed by atoms with Crippen molar-refractivity contribution in [3.63, 3.8) is 0 Å². The topological polar surface area (TPSA) is 65.1 Å². The van der Waals surface area contributed by atoms with E-state index >= 15 is 0 Å². The van der Waals surface area contributed by atoms with Crippen LogP contribution in [0.15, 0.2) is 23.8 Å². The van der Waals surface area contributed by atoms with Gasteiger partial charge in [0.15, 0.2) is 5.60 Å². The zero-order chi connectivity index (χ0) is 17.1. The van der Waals surface area contributed by atoms with Crippen molar-refractivity contribution < 1.29 is 23.8 Å². The van der Waals surface area contributed by atoms with Crippen LogP contribution >= 0.6 is 0 Å². The van der Waals surface area contributed by atoms with Crippen LogP contribution < -0.4 is 0 Å². The van der Waals surface area contributed by atoms with Gasteiger partial charge in [0.05, 0.1) is 5.41 Å². The number of ether oxygens (including phenoxy) is 3. The lowest BCUT2D eigenvalue weighted by molar-refractivity contribution is -0.153. The zero-order valence-corrected chi connectivity index (χ0v) is 14.4. The van der Waals surface area contributed by atoms with Gasteiger partial charge in [-0.25, -0.2) is 4.79 Å². The minimum atomic E-state index is -0.648. The lowest BCUT2D eigenvalue weighted by Gasteiger charge is -2.52. The van der Waals surface area contributed by atoms with Gasteiger partial charge in [-0.05, 0) is 24.8 Å². The Labute approximate surface area is 141 Å². The summed E-state index contributed by atoms with van der Waals surface area (Å²) in [5.41, 5.74) is -0.593. The lowest BCUT2D eigenvalue weighted by atomic mass is 9.49. The highest BCUT2D eigenvalue weighted by Gasteiger charge is 2.82. The number of carbonyl (C=O) groups excluding carboxylic acids is 2. The lowest BCUT2D eigenvalue weighted by Crippen LogP contribution is -2.59. The smallest absolute Gasteiger partial charge is 0.331 e. The summed E-state index contributed by atoms with van der Waals surface area (Å²) in [6.45, 7) is 8.17. The van der Waals surface area contributed by atoms with Crippen LogP contribution in [0, 0.1) is 22.7 Å². The third kappa shape index (κ3) is 1.35. The summed E-state index contributed by atoms with van der Waals surface area (Å²) in [6.07, 6.45) is 5.64. The van der Waals surface area contributed by atoms with E-state index < -0.39 is 11.0 Å². The first-order chi connectivity index (χ1) is 11.2. The van der Waals surface area contributed by atoms with Crippen LogP contribution in [0.3, 0.4) is 0 Å². The first kappa shape index (κ1) is 14.7. The minimum Gasteiger partial charge on any atom is -0.458 e. The number of fused-ring (bicyclic) bond motifs is 2. The first-order valence-corrected chi connectivity index (χ1v) is 8.75. The molecular formula is C19H22O5. The maximum atomic E-state index is 12.6. The molecule has 1 saturated carbocycles. The number of epoxide rings is 1. The van der Waals surface area contributed by atoms with Crippen molar-refractivity contribution in [1.82, 2.24) is 0 Å². The van der Waals surface area contributed by atoms with E-state index in [4.69, 9.17) is 14.2 Å². The second kappa shape index (κ2) is 3.96. The number of esters is 2. The van der Waals surface area contributed by atoms with Gasteiger partial charge in [0.25, 0.3) is 0 Å². The SMILES string of the molecule is CC(C)C1OC(=O)C=C2C3(C)CC=CC4(C)C(=O)OC(C43)C3OC213. The molecule has 3 aliphatic heterocycles. The highest BCUT2D eigenvalue weighted by Crippen LogP contribution is 2.71. The van der Waals surface area contributed by atoms with Crippen molar-refractivity contribution in [3.8, 4) is 0 Å². The van der Waals surface area contributed by atoms with Gasteiger partial charge in [-0.3, -0.25) is 4.79 Å². The number of hydrogen-bond donors (Lipinski definition) is 0. The van der Waals surface area contributed by atoms with Crippen molar-refractivity contribution in [2.75, 3.05) is 0 Å². The predicted molar refractivity (Wildman–Crippen MR) is 83.7 cm³/mol. The monoisotopic (exact) mass is 330 g/mol. The van der Waals surface area contributed by atoms with Gasteiger partial charge in [-0.1, -0.05) is 32.9 Å². The molecule has 0 radical (unpaired) electrons. The van der Waals surface area contributed by atoms with Gasteiger partial charge < -0.3 is 14.2 Å². The molecule has 24 heavy (non-hydrogen) atoms. The quantitative estimate of drug-likeness (QED) is 0.419. The van der Waals surface area contributed by atoms with Crippen molar-refractivity contribution in [3.05, 3.63) is 23.8 Å². The molecule has 128 valence electrons. The van der Waals surface area contributed by atoms with E-state index in [0.717, 1.165) is 12.0 Å². The van der Waals surface area contributed by atoms with Crippen LogP contribution in [0.2, 0.25) is 0 Å². The summed E-state index contributed by atoms with van der Waals surface area (Å²) >= 11 is 0. The van der Waals surface area contributed by atoms with E-state index in [1.807, 2.05) is 26.8 Å². The van der Waals surface area contributed by atoms with Gasteiger partial charge in [-0.2, -0.15) is 0 Å². The van der Waals surface area contributed by atoms with Crippen LogP contribution in [0.4, 0.5) is 0 Å². The Morgan fingerprint density at radius 3 is 2.67 bits per heavy atom. The van der Waals surface area contributed by atoms with Gasteiger partial charge in [-0.15, -0.1) is 0 Å². The van der Waals surface area contributed by atoms with E-state index in [1.165, 1.54) is 0 Å². The normalized spacial score (nSPS) is 53.6. The second-order valence-corrected chi connectivity index (χ2v) is 8.65. The Morgan fingerprint density at radius 1 is 1.21 bits per heavy atom. The van der Waals surface area contributed by atoms with Crippen LogP contribution in [0.1, 0.15) is 34.1 Å². The second-order valence-electron chi connectivity index (χ2n) is 8.65. The molecule has 7 atom stereocenters. The van der Waals surface area contributed by atoms with Gasteiger partial charge in [0.1, 0.15) is 18.3 Å². The fourth-order valence-electron chi connectivity index (χ4n) is 5.98. The molecule has 5 heteroatoms. The molecule has 0 aromatic heterocycles. The molecule has 0 aromatic carbocycles. The first-order valence-electron chi connectivity index (χ1n) is 8.75. The molecule has 3 fully saturated rings. The van der Waals surface area contributed by atoms with Crippen molar-refractivity contribution >= 4 is 11.9 Å². The van der Waals surface area contributed by atoms with Crippen LogP contribution in [-0.2, 0) is 23.8 Å². The van der Waals surface area contributed by atoms with E-state index in [9.17, 15) is 9.59 Å². The van der Waals surface area contributed by atoms with E-state index in [-0.39, 0.29) is 47.5 Å². The average Bonchev–Trinajstić information content (AvgIpc) is 3.16. The molecule has 2 saturated heterocycles. The number of hydrogen-bond acceptors (Lipinski definition) is 5. The van der Waals surface area contributed by atoms with Gasteiger partial charge in [0.2, 0.25) is 0 Å². The zero-order valence-electron chi connectivity index (χ0n) is 14.4.